The van der Waals surface area contributed by atoms with E-state index in [1.54, 1.807) is 0 Å². The summed E-state index contributed by atoms with van der Waals surface area (Å²) in [5.74, 6) is -0.862. The van der Waals surface area contributed by atoms with Crippen LogP contribution < -0.4 is 10.6 Å². The molecule has 2 amide bonds. The molecule has 0 fully saturated rings. The first-order valence-electron chi connectivity index (χ1n) is 9.31. The minimum Gasteiger partial charge on any atom is -0.327 e. The summed E-state index contributed by atoms with van der Waals surface area (Å²) >= 11 is 0. The predicted octanol–water partition coefficient (Wildman–Crippen LogP) is 3.74. The Balaban J connectivity index is 1.97. The molecule has 0 aromatic heterocycles. The Kier molecular flexibility index (Phi) is 7.29. The molecule has 2 rings (SSSR count). The van der Waals surface area contributed by atoms with E-state index >= 15 is 0 Å². The van der Waals surface area contributed by atoms with Crippen LogP contribution in [-0.4, -0.2) is 35.3 Å². The van der Waals surface area contributed by atoms with Crippen LogP contribution in [0.2, 0.25) is 0 Å². The smallest absolute Gasteiger partial charge is 0.244 e. The number of amides is 2. The second kappa shape index (κ2) is 9.46. The highest BCUT2D eigenvalue weighted by atomic mass is 19.1. The van der Waals surface area contributed by atoms with Crippen LogP contribution in [0.3, 0.4) is 0 Å². The lowest BCUT2D eigenvalue weighted by molar-refractivity contribution is -0.138. The zero-order valence-corrected chi connectivity index (χ0v) is 16.8. The van der Waals surface area contributed by atoms with Crippen LogP contribution in [0, 0.1) is 5.82 Å². The van der Waals surface area contributed by atoms with Crippen LogP contribution in [0.5, 0.6) is 0 Å². The maximum absolute atomic E-state index is 13.0. The predicted molar refractivity (Wildman–Crippen MR) is 109 cm³/mol. The molecule has 0 radical (unpaired) electrons. The zero-order valence-electron chi connectivity index (χ0n) is 16.8. The van der Waals surface area contributed by atoms with Crippen molar-refractivity contribution in [2.24, 2.45) is 0 Å². The zero-order chi connectivity index (χ0) is 20.7. The van der Waals surface area contributed by atoms with Gasteiger partial charge in [0.05, 0.1) is 6.54 Å². The SMILES string of the molecule is C[C@@H](NCC(=O)N(CC(=O)Nc1ccc(F)cc1)C(C)(C)C)c1ccccc1. The summed E-state index contributed by atoms with van der Waals surface area (Å²) in [7, 11) is 0. The molecule has 0 heterocycles. The highest BCUT2D eigenvalue weighted by molar-refractivity contribution is 5.95. The Morgan fingerprint density at radius 1 is 1.04 bits per heavy atom. The molecule has 0 aliphatic carbocycles. The van der Waals surface area contributed by atoms with Gasteiger partial charge in [-0.3, -0.25) is 9.59 Å². The molecule has 2 aromatic rings. The van der Waals surface area contributed by atoms with Gasteiger partial charge in [0.1, 0.15) is 12.4 Å². The molecular weight excluding hydrogens is 357 g/mol. The number of carbonyl (C=O) groups excluding carboxylic acids is 2. The van der Waals surface area contributed by atoms with Crippen molar-refractivity contribution in [1.82, 2.24) is 10.2 Å². The third-order valence-electron chi connectivity index (χ3n) is 4.40. The fraction of sp³-hybridized carbons (Fsp3) is 0.364. The molecule has 0 unspecified atom stereocenters. The van der Waals surface area contributed by atoms with Gasteiger partial charge in [-0.05, 0) is 57.5 Å². The van der Waals surface area contributed by atoms with E-state index in [4.69, 9.17) is 0 Å². The average molecular weight is 385 g/mol. The monoisotopic (exact) mass is 385 g/mol. The van der Waals surface area contributed by atoms with Crippen molar-refractivity contribution in [2.45, 2.75) is 39.3 Å². The average Bonchev–Trinajstić information content (AvgIpc) is 2.65. The first-order valence-corrected chi connectivity index (χ1v) is 9.31. The number of benzene rings is 2. The standard InChI is InChI=1S/C22H28FN3O2/c1-16(17-8-6-5-7-9-17)24-14-21(28)26(22(2,3)4)15-20(27)25-19-12-10-18(23)11-13-19/h5-13,16,24H,14-15H2,1-4H3,(H,25,27)/t16-/m1/s1. The van der Waals surface area contributed by atoms with Gasteiger partial charge in [0, 0.05) is 17.3 Å². The highest BCUT2D eigenvalue weighted by Gasteiger charge is 2.28. The van der Waals surface area contributed by atoms with Crippen LogP contribution in [0.25, 0.3) is 0 Å². The first kappa shape index (κ1) is 21.6. The molecule has 1 atom stereocenters. The maximum atomic E-state index is 13.0. The summed E-state index contributed by atoms with van der Waals surface area (Å²) in [6.07, 6.45) is 0. The molecule has 28 heavy (non-hydrogen) atoms. The van der Waals surface area contributed by atoms with Gasteiger partial charge in [-0.25, -0.2) is 4.39 Å². The number of carbonyl (C=O) groups is 2. The van der Waals surface area contributed by atoms with Crippen molar-refractivity contribution in [2.75, 3.05) is 18.4 Å². The van der Waals surface area contributed by atoms with Crippen molar-refractivity contribution >= 4 is 17.5 Å². The van der Waals surface area contributed by atoms with Gasteiger partial charge < -0.3 is 15.5 Å². The van der Waals surface area contributed by atoms with E-state index in [-0.39, 0.29) is 36.8 Å². The third kappa shape index (κ3) is 6.46. The van der Waals surface area contributed by atoms with Gasteiger partial charge >= 0.3 is 0 Å². The fourth-order valence-corrected chi connectivity index (χ4v) is 2.77. The molecule has 2 aromatic carbocycles. The summed E-state index contributed by atoms with van der Waals surface area (Å²) in [5.41, 5.74) is 1.06. The molecule has 0 aliphatic rings. The lowest BCUT2D eigenvalue weighted by Gasteiger charge is -2.35. The quantitative estimate of drug-likeness (QED) is 0.763. The Bertz CT molecular complexity index is 786. The van der Waals surface area contributed by atoms with Gasteiger partial charge in [0.25, 0.3) is 0 Å². The first-order chi connectivity index (χ1) is 13.2. The van der Waals surface area contributed by atoms with E-state index in [9.17, 15) is 14.0 Å². The largest absolute Gasteiger partial charge is 0.327 e. The van der Waals surface area contributed by atoms with E-state index in [2.05, 4.69) is 10.6 Å². The lowest BCUT2D eigenvalue weighted by Crippen LogP contribution is -2.52. The minimum atomic E-state index is -0.519. The van der Waals surface area contributed by atoms with Gasteiger partial charge in [0.15, 0.2) is 0 Å². The molecule has 2 N–H and O–H groups in total. The maximum Gasteiger partial charge on any atom is 0.244 e. The number of anilines is 1. The lowest BCUT2D eigenvalue weighted by atomic mass is 10.1. The molecule has 0 spiro atoms. The number of hydrogen-bond donors (Lipinski definition) is 2. The Morgan fingerprint density at radius 2 is 1.64 bits per heavy atom. The number of halogens is 1. The molecule has 0 saturated carbocycles. The Hall–Kier alpha value is -2.73. The molecule has 6 heteroatoms. The molecule has 0 aliphatic heterocycles. The van der Waals surface area contributed by atoms with E-state index < -0.39 is 5.54 Å². The van der Waals surface area contributed by atoms with Crippen molar-refractivity contribution in [3.05, 3.63) is 66.0 Å². The minimum absolute atomic E-state index is 0.0139. The summed E-state index contributed by atoms with van der Waals surface area (Å²) in [6.45, 7) is 7.69. The van der Waals surface area contributed by atoms with E-state index in [0.717, 1.165) is 5.56 Å². The molecular formula is C22H28FN3O2. The van der Waals surface area contributed by atoms with Gasteiger partial charge in [-0.1, -0.05) is 30.3 Å². The third-order valence-corrected chi connectivity index (χ3v) is 4.40. The van der Waals surface area contributed by atoms with Crippen molar-refractivity contribution in [1.29, 1.82) is 0 Å². The van der Waals surface area contributed by atoms with Crippen LogP contribution in [0.15, 0.2) is 54.6 Å². The number of nitrogens with one attached hydrogen (secondary N) is 2. The van der Waals surface area contributed by atoms with Gasteiger partial charge in [0.2, 0.25) is 11.8 Å². The second-order valence-electron chi connectivity index (χ2n) is 7.72. The highest BCUT2D eigenvalue weighted by Crippen LogP contribution is 2.16. The summed E-state index contributed by atoms with van der Waals surface area (Å²) in [6, 6.07) is 15.4. The Morgan fingerprint density at radius 3 is 2.21 bits per heavy atom. The van der Waals surface area contributed by atoms with E-state index in [1.165, 1.54) is 29.2 Å². The van der Waals surface area contributed by atoms with Crippen LogP contribution in [-0.2, 0) is 9.59 Å². The normalized spacial score (nSPS) is 12.3. The summed E-state index contributed by atoms with van der Waals surface area (Å²) in [4.78, 5) is 26.7. The number of nitrogens with zero attached hydrogens (tertiary/aromatic N) is 1. The van der Waals surface area contributed by atoms with Crippen molar-refractivity contribution < 1.29 is 14.0 Å². The second-order valence-corrected chi connectivity index (χ2v) is 7.72. The Labute approximate surface area is 165 Å². The van der Waals surface area contributed by atoms with E-state index in [1.807, 2.05) is 58.0 Å². The fourth-order valence-electron chi connectivity index (χ4n) is 2.77. The number of rotatable bonds is 7. The topological polar surface area (TPSA) is 61.4 Å². The van der Waals surface area contributed by atoms with Crippen molar-refractivity contribution in [3.63, 3.8) is 0 Å². The van der Waals surface area contributed by atoms with Gasteiger partial charge in [-0.15, -0.1) is 0 Å². The molecule has 0 bridgehead atoms. The van der Waals surface area contributed by atoms with Crippen LogP contribution in [0.1, 0.15) is 39.3 Å². The molecule has 5 nitrogen and oxygen atoms in total. The van der Waals surface area contributed by atoms with Crippen LogP contribution >= 0.6 is 0 Å². The molecule has 150 valence electrons. The van der Waals surface area contributed by atoms with Gasteiger partial charge in [-0.2, -0.15) is 0 Å². The number of hydrogen-bond acceptors (Lipinski definition) is 3. The van der Waals surface area contributed by atoms with E-state index in [0.29, 0.717) is 5.69 Å². The van der Waals surface area contributed by atoms with Crippen LogP contribution in [0.4, 0.5) is 10.1 Å². The summed E-state index contributed by atoms with van der Waals surface area (Å²) in [5, 5.41) is 5.91. The molecule has 0 saturated heterocycles. The van der Waals surface area contributed by atoms with Crippen molar-refractivity contribution in [3.8, 4) is 0 Å². The summed E-state index contributed by atoms with van der Waals surface area (Å²) < 4.78 is 13.0.